The lowest BCUT2D eigenvalue weighted by atomic mass is 10.1. The predicted octanol–water partition coefficient (Wildman–Crippen LogP) is 3.00. The molecular formula is C21H26FN3O3S. The fraction of sp³-hybridized carbons (Fsp3) is 0.381. The van der Waals surface area contributed by atoms with Gasteiger partial charge in [0.1, 0.15) is 5.82 Å². The van der Waals surface area contributed by atoms with Gasteiger partial charge >= 0.3 is 0 Å². The number of carbonyl (C=O) groups is 1. The fourth-order valence-corrected chi connectivity index (χ4v) is 4.29. The first-order valence-electron chi connectivity index (χ1n) is 9.63. The number of rotatable bonds is 6. The van der Waals surface area contributed by atoms with Crippen LogP contribution in [-0.2, 0) is 16.6 Å². The summed E-state index contributed by atoms with van der Waals surface area (Å²) in [6, 6.07) is 10.6. The number of halogens is 1. The molecule has 1 amide bonds. The molecule has 3 rings (SSSR count). The van der Waals surface area contributed by atoms with Crippen LogP contribution in [0.4, 0.5) is 10.1 Å². The summed E-state index contributed by atoms with van der Waals surface area (Å²) < 4.78 is 39.3. The van der Waals surface area contributed by atoms with Crippen LogP contribution in [0.5, 0.6) is 0 Å². The Hall–Kier alpha value is -2.45. The second-order valence-electron chi connectivity index (χ2n) is 7.32. The number of sulfonamides is 1. The van der Waals surface area contributed by atoms with Crippen LogP contribution < -0.4 is 10.2 Å². The summed E-state index contributed by atoms with van der Waals surface area (Å²) in [6.45, 7) is 1.89. The first kappa shape index (κ1) is 21.3. The van der Waals surface area contributed by atoms with Crippen molar-refractivity contribution in [3.63, 3.8) is 0 Å². The van der Waals surface area contributed by atoms with Gasteiger partial charge in [-0.15, -0.1) is 0 Å². The molecule has 156 valence electrons. The van der Waals surface area contributed by atoms with E-state index in [0.29, 0.717) is 5.56 Å². The Morgan fingerprint density at radius 1 is 1.07 bits per heavy atom. The number of hydrogen-bond donors (Lipinski definition) is 1. The summed E-state index contributed by atoms with van der Waals surface area (Å²) in [6.07, 6.45) is 3.22. The Morgan fingerprint density at radius 3 is 2.34 bits per heavy atom. The third kappa shape index (κ3) is 4.94. The monoisotopic (exact) mass is 419 g/mol. The molecule has 29 heavy (non-hydrogen) atoms. The fourth-order valence-electron chi connectivity index (χ4n) is 3.36. The van der Waals surface area contributed by atoms with Crippen molar-refractivity contribution in [2.75, 3.05) is 32.1 Å². The molecule has 0 radical (unpaired) electrons. The highest BCUT2D eigenvalue weighted by Crippen LogP contribution is 2.28. The normalized spacial score (nSPS) is 14.8. The van der Waals surface area contributed by atoms with Gasteiger partial charge in [0.25, 0.3) is 5.91 Å². The molecule has 0 saturated carbocycles. The minimum absolute atomic E-state index is 0.0789. The lowest BCUT2D eigenvalue weighted by Crippen LogP contribution is -2.33. The molecule has 1 heterocycles. The van der Waals surface area contributed by atoms with Gasteiger partial charge in [-0.25, -0.2) is 17.1 Å². The Bertz CT molecular complexity index is 969. The summed E-state index contributed by atoms with van der Waals surface area (Å²) in [5.74, 6) is -0.695. The van der Waals surface area contributed by atoms with Gasteiger partial charge in [0.2, 0.25) is 10.0 Å². The van der Waals surface area contributed by atoms with E-state index in [1.807, 2.05) is 0 Å². The van der Waals surface area contributed by atoms with Gasteiger partial charge in [0.15, 0.2) is 0 Å². The Morgan fingerprint density at radius 2 is 1.72 bits per heavy atom. The van der Waals surface area contributed by atoms with Crippen molar-refractivity contribution in [1.29, 1.82) is 0 Å². The molecule has 0 aromatic heterocycles. The lowest BCUT2D eigenvalue weighted by molar-refractivity contribution is 0.0951. The topological polar surface area (TPSA) is 69.7 Å². The molecular weight excluding hydrogens is 393 g/mol. The molecule has 6 nitrogen and oxygen atoms in total. The molecule has 0 spiro atoms. The van der Waals surface area contributed by atoms with E-state index in [4.69, 9.17) is 0 Å². The highest BCUT2D eigenvalue weighted by molar-refractivity contribution is 7.89. The second-order valence-corrected chi connectivity index (χ2v) is 9.48. The van der Waals surface area contributed by atoms with Crippen molar-refractivity contribution >= 4 is 21.6 Å². The lowest BCUT2D eigenvalue weighted by Gasteiger charge is -2.30. The van der Waals surface area contributed by atoms with E-state index in [2.05, 4.69) is 10.2 Å². The van der Waals surface area contributed by atoms with Crippen molar-refractivity contribution in [2.24, 2.45) is 0 Å². The maximum Gasteiger partial charge on any atom is 0.253 e. The molecule has 1 N–H and O–H groups in total. The van der Waals surface area contributed by atoms with Gasteiger partial charge < -0.3 is 10.2 Å². The predicted molar refractivity (Wildman–Crippen MR) is 111 cm³/mol. The van der Waals surface area contributed by atoms with E-state index in [1.165, 1.54) is 32.3 Å². The minimum Gasteiger partial charge on any atom is -0.371 e. The van der Waals surface area contributed by atoms with Gasteiger partial charge in [-0.05, 0) is 55.2 Å². The van der Waals surface area contributed by atoms with E-state index >= 15 is 0 Å². The average molecular weight is 420 g/mol. The maximum atomic E-state index is 13.1. The molecule has 2 aromatic rings. The van der Waals surface area contributed by atoms with Gasteiger partial charge in [-0.2, -0.15) is 0 Å². The highest BCUT2D eigenvalue weighted by atomic mass is 32.2. The molecule has 1 fully saturated rings. The molecule has 8 heteroatoms. The van der Waals surface area contributed by atoms with Crippen molar-refractivity contribution in [3.8, 4) is 0 Å². The van der Waals surface area contributed by atoms with Gasteiger partial charge in [0, 0.05) is 39.4 Å². The van der Waals surface area contributed by atoms with Crippen LogP contribution in [-0.4, -0.2) is 45.8 Å². The zero-order valence-corrected chi connectivity index (χ0v) is 17.5. The minimum atomic E-state index is -3.66. The number of nitrogens with zero attached hydrogens (tertiary/aromatic N) is 2. The molecule has 0 bridgehead atoms. The Kier molecular flexibility index (Phi) is 6.54. The van der Waals surface area contributed by atoms with Crippen LogP contribution in [0.2, 0.25) is 0 Å². The van der Waals surface area contributed by atoms with Crippen LogP contribution in [0.3, 0.4) is 0 Å². The van der Waals surface area contributed by atoms with E-state index < -0.39 is 10.0 Å². The average Bonchev–Trinajstić information content (AvgIpc) is 2.73. The number of piperidine rings is 1. The number of amides is 1. The molecule has 0 aliphatic carbocycles. The van der Waals surface area contributed by atoms with Crippen molar-refractivity contribution in [1.82, 2.24) is 9.62 Å². The zero-order chi connectivity index (χ0) is 21.0. The van der Waals surface area contributed by atoms with Gasteiger partial charge in [-0.1, -0.05) is 12.1 Å². The largest absolute Gasteiger partial charge is 0.371 e. The number of carbonyl (C=O) groups excluding carboxylic acids is 1. The van der Waals surface area contributed by atoms with Crippen molar-refractivity contribution < 1.29 is 17.6 Å². The quantitative estimate of drug-likeness (QED) is 0.782. The summed E-state index contributed by atoms with van der Waals surface area (Å²) in [4.78, 5) is 15.2. The van der Waals surface area contributed by atoms with Crippen LogP contribution in [0, 0.1) is 5.82 Å². The first-order chi connectivity index (χ1) is 13.8. The van der Waals surface area contributed by atoms with Crippen LogP contribution in [0.1, 0.15) is 35.2 Å². The summed E-state index contributed by atoms with van der Waals surface area (Å²) in [5, 5.41) is 2.83. The van der Waals surface area contributed by atoms with Crippen LogP contribution in [0.25, 0.3) is 0 Å². The number of benzene rings is 2. The van der Waals surface area contributed by atoms with Gasteiger partial charge in [-0.3, -0.25) is 4.79 Å². The molecule has 2 aromatic carbocycles. The molecule has 1 saturated heterocycles. The number of nitrogens with one attached hydrogen (secondary N) is 1. The second kappa shape index (κ2) is 8.92. The molecule has 0 atom stereocenters. The van der Waals surface area contributed by atoms with E-state index in [9.17, 15) is 17.6 Å². The summed E-state index contributed by atoms with van der Waals surface area (Å²) in [7, 11) is -0.738. The maximum absolute atomic E-state index is 13.1. The molecule has 1 aliphatic heterocycles. The zero-order valence-electron chi connectivity index (χ0n) is 16.7. The van der Waals surface area contributed by atoms with Crippen LogP contribution in [0.15, 0.2) is 47.4 Å². The van der Waals surface area contributed by atoms with Gasteiger partial charge in [0.05, 0.1) is 10.5 Å². The Balaban J connectivity index is 1.91. The summed E-state index contributed by atoms with van der Waals surface area (Å²) in [5.41, 5.74) is 1.83. The SMILES string of the molecule is CN(C)S(=O)(=O)c1ccc(N2CCCCC2)c(C(=O)NCc2ccc(F)cc2)c1. The third-order valence-electron chi connectivity index (χ3n) is 5.05. The van der Waals surface area contributed by atoms with Crippen LogP contribution >= 0.6 is 0 Å². The third-order valence-corrected chi connectivity index (χ3v) is 6.87. The van der Waals surface area contributed by atoms with Crippen molar-refractivity contribution in [3.05, 3.63) is 59.4 Å². The van der Waals surface area contributed by atoms with Crippen molar-refractivity contribution in [2.45, 2.75) is 30.7 Å². The smallest absolute Gasteiger partial charge is 0.253 e. The standard InChI is InChI=1S/C21H26FN3O3S/c1-24(2)29(27,28)18-10-11-20(25-12-4-3-5-13-25)19(14-18)21(26)23-15-16-6-8-17(22)9-7-16/h6-11,14H,3-5,12-13,15H2,1-2H3,(H,23,26). The highest BCUT2D eigenvalue weighted by Gasteiger charge is 2.24. The molecule has 0 unspecified atom stereocenters. The number of anilines is 1. The van der Waals surface area contributed by atoms with E-state index in [0.717, 1.165) is 47.9 Å². The van der Waals surface area contributed by atoms with E-state index in [1.54, 1.807) is 24.3 Å². The Labute approximate surface area is 171 Å². The van der Waals surface area contributed by atoms with E-state index in [-0.39, 0.29) is 23.2 Å². The summed E-state index contributed by atoms with van der Waals surface area (Å²) >= 11 is 0. The first-order valence-corrected chi connectivity index (χ1v) is 11.1. The molecule has 1 aliphatic rings. The number of hydrogen-bond acceptors (Lipinski definition) is 4.